The molecule has 260 valence electrons. The van der Waals surface area contributed by atoms with Crippen LogP contribution >= 0.6 is 0 Å². The van der Waals surface area contributed by atoms with Crippen LogP contribution in [0.15, 0.2) is 37.0 Å². The van der Waals surface area contributed by atoms with Crippen molar-refractivity contribution in [1.82, 2.24) is 0 Å². The average molecular weight is 613 g/mol. The van der Waals surface area contributed by atoms with Crippen molar-refractivity contribution < 1.29 is 0 Å². The Hall–Kier alpha value is -0.780. The minimum atomic E-state index is 0.403. The summed E-state index contributed by atoms with van der Waals surface area (Å²) >= 11 is 0. The Kier molecular flexibility index (Phi) is 20.8. The lowest BCUT2D eigenvalue weighted by atomic mass is 9.82. The molecule has 0 aliphatic heterocycles. The SMILES string of the molecule is C1CC2C3CCC(C3)C2C1.C=CC(CC/C=C\CC/C=C/CCC(C)(C)C)CC(C)(C)C.CCC(C)(C)C.CCC(C)(C)C. The molecule has 0 heterocycles. The van der Waals surface area contributed by atoms with Gasteiger partial charge in [0.05, 0.1) is 0 Å². The van der Waals surface area contributed by atoms with Crippen molar-refractivity contribution in [1.29, 1.82) is 0 Å². The van der Waals surface area contributed by atoms with Crippen LogP contribution in [0.2, 0.25) is 0 Å². The highest BCUT2D eigenvalue weighted by molar-refractivity contribution is 4.99. The highest BCUT2D eigenvalue weighted by Crippen LogP contribution is 2.58. The Bertz CT molecular complexity index is 735. The highest BCUT2D eigenvalue weighted by Gasteiger charge is 2.48. The summed E-state index contributed by atoms with van der Waals surface area (Å²) in [5, 5.41) is 0. The third-order valence-electron chi connectivity index (χ3n) is 10.3. The van der Waals surface area contributed by atoms with E-state index in [1.165, 1.54) is 81.5 Å². The van der Waals surface area contributed by atoms with Crippen LogP contribution in [0.25, 0.3) is 0 Å². The first kappa shape index (κ1) is 43.2. The fourth-order valence-electron chi connectivity index (χ4n) is 6.60. The molecule has 3 aliphatic carbocycles. The van der Waals surface area contributed by atoms with Gasteiger partial charge in [-0.3, -0.25) is 0 Å². The van der Waals surface area contributed by atoms with Crippen molar-refractivity contribution in [2.45, 2.75) is 193 Å². The molecule has 2 bridgehead atoms. The summed E-state index contributed by atoms with van der Waals surface area (Å²) in [6, 6.07) is 0. The second-order valence-corrected chi connectivity index (χ2v) is 19.4. The highest BCUT2D eigenvalue weighted by atomic mass is 14.5. The summed E-state index contributed by atoms with van der Waals surface area (Å²) in [5.74, 6) is 5.45. The fourth-order valence-corrected chi connectivity index (χ4v) is 6.60. The fraction of sp³-hybridized carbons (Fsp3) is 0.864. The molecule has 5 atom stereocenters. The Morgan fingerprint density at radius 3 is 1.34 bits per heavy atom. The van der Waals surface area contributed by atoms with E-state index in [9.17, 15) is 0 Å². The smallest absolute Gasteiger partial charge is 0.0228 e. The second kappa shape index (κ2) is 21.2. The molecular formula is C44H84. The van der Waals surface area contributed by atoms with Gasteiger partial charge in [0, 0.05) is 0 Å². The summed E-state index contributed by atoms with van der Waals surface area (Å²) in [6.07, 6.45) is 32.1. The predicted octanol–water partition coefficient (Wildman–Crippen LogP) is 15.4. The molecule has 0 aromatic carbocycles. The average Bonchev–Trinajstić information content (AvgIpc) is 3.64. The molecule has 0 saturated heterocycles. The molecule has 0 N–H and O–H groups in total. The van der Waals surface area contributed by atoms with Crippen LogP contribution in [-0.2, 0) is 0 Å². The maximum absolute atomic E-state index is 3.99. The van der Waals surface area contributed by atoms with Gasteiger partial charge in [-0.2, -0.15) is 0 Å². The molecule has 0 aromatic rings. The van der Waals surface area contributed by atoms with E-state index in [-0.39, 0.29) is 0 Å². The Balaban J connectivity index is 0.000000675. The van der Waals surface area contributed by atoms with Crippen LogP contribution in [0, 0.1) is 51.2 Å². The summed E-state index contributed by atoms with van der Waals surface area (Å²) in [4.78, 5) is 0. The van der Waals surface area contributed by atoms with E-state index < -0.39 is 0 Å². The van der Waals surface area contributed by atoms with E-state index in [0.717, 1.165) is 0 Å². The van der Waals surface area contributed by atoms with Gasteiger partial charge in [-0.25, -0.2) is 0 Å². The van der Waals surface area contributed by atoms with Crippen LogP contribution in [0.5, 0.6) is 0 Å². The van der Waals surface area contributed by atoms with Crippen LogP contribution in [0.3, 0.4) is 0 Å². The molecule has 44 heavy (non-hydrogen) atoms. The van der Waals surface area contributed by atoms with Gasteiger partial charge in [-0.15, -0.1) is 6.58 Å². The molecular weight excluding hydrogens is 528 g/mol. The third-order valence-corrected chi connectivity index (χ3v) is 10.3. The predicted molar refractivity (Wildman–Crippen MR) is 204 cm³/mol. The molecule has 0 radical (unpaired) electrons. The summed E-state index contributed by atoms with van der Waals surface area (Å²) in [5.41, 5.74) is 1.94. The maximum Gasteiger partial charge on any atom is -0.0228 e. The number of unbranched alkanes of at least 4 members (excludes halogenated alkanes) is 1. The van der Waals surface area contributed by atoms with Crippen molar-refractivity contribution in [3.05, 3.63) is 37.0 Å². The van der Waals surface area contributed by atoms with Gasteiger partial charge in [0.15, 0.2) is 0 Å². The van der Waals surface area contributed by atoms with Crippen LogP contribution in [0.4, 0.5) is 0 Å². The summed E-state index contributed by atoms with van der Waals surface area (Å²) < 4.78 is 0. The van der Waals surface area contributed by atoms with Crippen molar-refractivity contribution in [2.75, 3.05) is 0 Å². The summed E-state index contributed by atoms with van der Waals surface area (Å²) in [6.45, 7) is 35.7. The lowest BCUT2D eigenvalue weighted by Gasteiger charge is -2.23. The van der Waals surface area contributed by atoms with Crippen LogP contribution < -0.4 is 0 Å². The minimum Gasteiger partial charge on any atom is -0.103 e. The molecule has 3 fully saturated rings. The molecule has 0 heteroatoms. The summed E-state index contributed by atoms with van der Waals surface area (Å²) in [7, 11) is 0. The van der Waals surface area contributed by atoms with E-state index in [1.54, 1.807) is 38.5 Å². The van der Waals surface area contributed by atoms with E-state index in [1.807, 2.05) is 0 Å². The van der Waals surface area contributed by atoms with Crippen LogP contribution in [-0.4, -0.2) is 0 Å². The van der Waals surface area contributed by atoms with Gasteiger partial charge < -0.3 is 0 Å². The normalized spacial score (nSPS) is 23.8. The third kappa shape index (κ3) is 23.5. The lowest BCUT2D eigenvalue weighted by Crippen LogP contribution is -2.15. The molecule has 0 nitrogen and oxygen atoms in total. The lowest BCUT2D eigenvalue weighted by molar-refractivity contribution is 0.259. The van der Waals surface area contributed by atoms with Crippen LogP contribution in [0.1, 0.15) is 193 Å². The van der Waals surface area contributed by atoms with Gasteiger partial charge in [0.1, 0.15) is 0 Å². The number of hydrogen-bond acceptors (Lipinski definition) is 0. The standard InChI is InChI=1S/C22H40.C10H16.2C6H14/c1-8-20(19-22(5,6)7)17-15-13-11-9-10-12-14-16-18-21(2,3)4;1-2-9-7-4-5-8(6-7)10(9)3-1;2*1-5-6(2,3)4/h8,11-14,20H,1,9-10,15-19H2,2-7H3;7-10H,1-6H2;2*5H2,1-4H3/b13-11-,14-12+;;;. The zero-order chi connectivity index (χ0) is 34.0. The maximum atomic E-state index is 3.99. The quantitative estimate of drug-likeness (QED) is 0.170. The monoisotopic (exact) mass is 613 g/mol. The van der Waals surface area contributed by atoms with Crippen molar-refractivity contribution in [3.63, 3.8) is 0 Å². The zero-order valence-corrected chi connectivity index (χ0v) is 33.1. The Labute approximate surface area is 280 Å². The molecule has 5 unspecified atom stereocenters. The zero-order valence-electron chi connectivity index (χ0n) is 33.1. The van der Waals surface area contributed by atoms with E-state index in [4.69, 9.17) is 0 Å². The molecule has 3 aliphatic rings. The molecule has 3 rings (SSSR count). The molecule has 0 amide bonds. The first-order valence-electron chi connectivity index (χ1n) is 19.1. The topological polar surface area (TPSA) is 0 Å². The van der Waals surface area contributed by atoms with Gasteiger partial charge in [0.25, 0.3) is 0 Å². The molecule has 3 saturated carbocycles. The number of rotatable bonds is 10. The van der Waals surface area contributed by atoms with Crippen molar-refractivity contribution in [2.24, 2.45) is 51.2 Å². The van der Waals surface area contributed by atoms with E-state index in [0.29, 0.717) is 27.6 Å². The largest absolute Gasteiger partial charge is 0.103 e. The molecule has 0 aromatic heterocycles. The van der Waals surface area contributed by atoms with E-state index >= 15 is 0 Å². The number of hydrogen-bond donors (Lipinski definition) is 0. The second-order valence-electron chi connectivity index (χ2n) is 19.4. The number of fused-ring (bicyclic) bond motifs is 5. The van der Waals surface area contributed by atoms with Crippen molar-refractivity contribution >= 4 is 0 Å². The Morgan fingerprint density at radius 2 is 0.977 bits per heavy atom. The number of allylic oxidation sites excluding steroid dienone is 5. The van der Waals surface area contributed by atoms with Crippen molar-refractivity contribution in [3.8, 4) is 0 Å². The van der Waals surface area contributed by atoms with Gasteiger partial charge in [0.2, 0.25) is 0 Å². The first-order chi connectivity index (χ1) is 20.2. The Morgan fingerprint density at radius 1 is 0.568 bits per heavy atom. The van der Waals surface area contributed by atoms with E-state index in [2.05, 4.69) is 134 Å². The minimum absolute atomic E-state index is 0.403. The molecule has 0 spiro atoms. The van der Waals surface area contributed by atoms with Gasteiger partial charge in [-0.05, 0) is 128 Å². The van der Waals surface area contributed by atoms with Gasteiger partial charge >= 0.3 is 0 Å². The van der Waals surface area contributed by atoms with Gasteiger partial charge in [-0.1, -0.05) is 147 Å². The first-order valence-corrected chi connectivity index (χ1v) is 19.1.